The summed E-state index contributed by atoms with van der Waals surface area (Å²) < 4.78 is 50.0. The molecule has 1 fully saturated rings. The molecule has 0 aliphatic carbocycles. The van der Waals surface area contributed by atoms with Crippen LogP contribution in [0.3, 0.4) is 0 Å². The fraction of sp³-hybridized carbons (Fsp3) is 0.500. The van der Waals surface area contributed by atoms with Gasteiger partial charge in [-0.2, -0.15) is 4.31 Å². The second kappa shape index (κ2) is 6.99. The number of carboxylic acid groups (broad SMARTS) is 1. The van der Waals surface area contributed by atoms with Crippen molar-refractivity contribution >= 4 is 37.4 Å². The maximum atomic E-state index is 12.9. The minimum absolute atomic E-state index is 0.124. The van der Waals surface area contributed by atoms with Crippen molar-refractivity contribution in [2.24, 2.45) is 5.92 Å². The Balaban J connectivity index is 2.45. The van der Waals surface area contributed by atoms with Crippen LogP contribution in [0, 0.1) is 5.92 Å². The minimum atomic E-state index is -4.03. The van der Waals surface area contributed by atoms with E-state index in [2.05, 4.69) is 0 Å². The second-order valence-corrected chi connectivity index (χ2v) is 10.3. The number of sulfonamides is 1. The lowest BCUT2D eigenvalue weighted by Gasteiger charge is -2.30. The Hall–Kier alpha value is -1.16. The summed E-state index contributed by atoms with van der Waals surface area (Å²) in [6, 6.07) is 4.01. The van der Waals surface area contributed by atoms with Gasteiger partial charge in [0.05, 0.1) is 16.6 Å². The summed E-state index contributed by atoms with van der Waals surface area (Å²) in [6.07, 6.45) is 1.85. The van der Waals surface area contributed by atoms with E-state index in [0.717, 1.165) is 10.6 Å². The third-order valence-electron chi connectivity index (χ3n) is 3.80. The SMILES string of the molecule is CS(=O)(=O)Cc1ccc(Cl)cc1S(=O)(=O)N1CCCC(C(=O)O)C1. The highest BCUT2D eigenvalue weighted by Crippen LogP contribution is 2.29. The number of aliphatic carboxylic acids is 1. The van der Waals surface area contributed by atoms with Gasteiger partial charge in [-0.3, -0.25) is 4.79 Å². The Morgan fingerprint density at radius 2 is 2.00 bits per heavy atom. The molecule has 1 heterocycles. The minimum Gasteiger partial charge on any atom is -0.481 e. The van der Waals surface area contributed by atoms with Gasteiger partial charge in [0.25, 0.3) is 0 Å². The van der Waals surface area contributed by atoms with Crippen LogP contribution < -0.4 is 0 Å². The zero-order valence-corrected chi connectivity index (χ0v) is 15.4. The van der Waals surface area contributed by atoms with E-state index in [1.54, 1.807) is 0 Å². The van der Waals surface area contributed by atoms with Crippen molar-refractivity contribution in [1.82, 2.24) is 4.31 Å². The number of halogens is 1. The average molecular weight is 396 g/mol. The predicted octanol–water partition coefficient (Wildman–Crippen LogP) is 1.37. The van der Waals surface area contributed by atoms with Gasteiger partial charge in [-0.05, 0) is 30.5 Å². The average Bonchev–Trinajstić information content (AvgIpc) is 2.47. The van der Waals surface area contributed by atoms with E-state index in [4.69, 9.17) is 16.7 Å². The van der Waals surface area contributed by atoms with Crippen molar-refractivity contribution in [3.8, 4) is 0 Å². The van der Waals surface area contributed by atoms with Crippen molar-refractivity contribution < 1.29 is 26.7 Å². The summed E-state index contributed by atoms with van der Waals surface area (Å²) in [5.41, 5.74) is 0.124. The van der Waals surface area contributed by atoms with E-state index in [-0.39, 0.29) is 28.6 Å². The fourth-order valence-electron chi connectivity index (χ4n) is 2.67. The third-order valence-corrected chi connectivity index (χ3v) is 6.82. The molecule has 10 heteroatoms. The van der Waals surface area contributed by atoms with Crippen LogP contribution >= 0.6 is 11.6 Å². The first-order chi connectivity index (χ1) is 11.0. The van der Waals surface area contributed by atoms with E-state index < -0.39 is 37.5 Å². The van der Waals surface area contributed by atoms with Crippen LogP contribution in [-0.2, 0) is 30.4 Å². The molecule has 1 aromatic rings. The van der Waals surface area contributed by atoms with E-state index in [9.17, 15) is 21.6 Å². The van der Waals surface area contributed by atoms with Crippen LogP contribution in [-0.4, -0.2) is 51.6 Å². The van der Waals surface area contributed by atoms with Gasteiger partial charge in [-0.15, -0.1) is 0 Å². The summed E-state index contributed by atoms with van der Waals surface area (Å²) in [5, 5.41) is 9.29. The van der Waals surface area contributed by atoms with Gasteiger partial charge in [0, 0.05) is 24.4 Å². The molecule has 2 rings (SSSR count). The lowest BCUT2D eigenvalue weighted by Crippen LogP contribution is -2.42. The van der Waals surface area contributed by atoms with Crippen molar-refractivity contribution in [3.63, 3.8) is 0 Å². The Kier molecular flexibility index (Phi) is 5.58. The van der Waals surface area contributed by atoms with Gasteiger partial charge in [0.15, 0.2) is 9.84 Å². The molecule has 24 heavy (non-hydrogen) atoms. The number of benzene rings is 1. The number of carbonyl (C=O) groups is 1. The summed E-state index contributed by atoms with van der Waals surface area (Å²) in [5.74, 6) is -2.25. The van der Waals surface area contributed by atoms with Crippen molar-refractivity contribution in [2.45, 2.75) is 23.5 Å². The van der Waals surface area contributed by atoms with Gasteiger partial charge in [-0.1, -0.05) is 17.7 Å². The first-order valence-corrected chi connectivity index (χ1v) is 11.1. The number of piperidine rings is 1. The molecule has 0 radical (unpaired) electrons. The first-order valence-electron chi connectivity index (χ1n) is 7.20. The maximum absolute atomic E-state index is 12.9. The Morgan fingerprint density at radius 1 is 1.33 bits per heavy atom. The van der Waals surface area contributed by atoms with Gasteiger partial charge in [-0.25, -0.2) is 16.8 Å². The number of sulfone groups is 1. The fourth-order valence-corrected chi connectivity index (χ4v) is 5.59. The molecule has 0 aromatic heterocycles. The number of carboxylic acids is 1. The van der Waals surface area contributed by atoms with Crippen LogP contribution in [0.1, 0.15) is 18.4 Å². The lowest BCUT2D eigenvalue weighted by atomic mass is 10.0. The Morgan fingerprint density at radius 3 is 2.58 bits per heavy atom. The molecule has 0 amide bonds. The smallest absolute Gasteiger partial charge is 0.307 e. The van der Waals surface area contributed by atoms with Crippen molar-refractivity contribution in [1.29, 1.82) is 0 Å². The summed E-state index contributed by atoms with van der Waals surface area (Å²) >= 11 is 5.89. The van der Waals surface area contributed by atoms with Gasteiger partial charge < -0.3 is 5.11 Å². The molecule has 1 aromatic carbocycles. The molecular formula is C14H18ClNO6S2. The molecule has 134 valence electrons. The zero-order valence-electron chi connectivity index (χ0n) is 13.0. The van der Waals surface area contributed by atoms with Gasteiger partial charge in [0.2, 0.25) is 10.0 Å². The van der Waals surface area contributed by atoms with E-state index in [1.165, 1.54) is 18.2 Å². The number of nitrogens with zero attached hydrogens (tertiary/aromatic N) is 1. The van der Waals surface area contributed by atoms with Crippen LogP contribution in [0.15, 0.2) is 23.1 Å². The zero-order chi connectivity index (χ0) is 18.1. The summed E-state index contributed by atoms with van der Waals surface area (Å²) in [7, 11) is -7.48. The topological polar surface area (TPSA) is 109 Å². The molecular weight excluding hydrogens is 378 g/mol. The van der Waals surface area contributed by atoms with Crippen LogP contribution in [0.25, 0.3) is 0 Å². The normalized spacial score (nSPS) is 20.0. The molecule has 0 spiro atoms. The molecule has 0 saturated carbocycles. The van der Waals surface area contributed by atoms with Gasteiger partial charge >= 0.3 is 5.97 Å². The van der Waals surface area contributed by atoms with Crippen molar-refractivity contribution in [2.75, 3.05) is 19.3 Å². The number of hydrogen-bond donors (Lipinski definition) is 1. The first kappa shape index (κ1) is 19.2. The predicted molar refractivity (Wildman–Crippen MR) is 89.1 cm³/mol. The highest BCUT2D eigenvalue weighted by atomic mass is 35.5. The molecule has 1 aliphatic heterocycles. The van der Waals surface area contributed by atoms with Gasteiger partial charge in [0.1, 0.15) is 0 Å². The van der Waals surface area contributed by atoms with Crippen LogP contribution in [0.4, 0.5) is 0 Å². The highest BCUT2D eigenvalue weighted by molar-refractivity contribution is 7.90. The molecule has 7 nitrogen and oxygen atoms in total. The molecule has 1 aliphatic rings. The number of hydrogen-bond acceptors (Lipinski definition) is 5. The number of rotatable bonds is 5. The quantitative estimate of drug-likeness (QED) is 0.806. The summed E-state index contributed by atoms with van der Waals surface area (Å²) in [6.45, 7) is 0.0550. The molecule has 1 N–H and O–H groups in total. The van der Waals surface area contributed by atoms with E-state index in [0.29, 0.717) is 12.8 Å². The second-order valence-electron chi connectivity index (χ2n) is 5.86. The monoisotopic (exact) mass is 395 g/mol. The van der Waals surface area contributed by atoms with Crippen LogP contribution in [0.2, 0.25) is 5.02 Å². The lowest BCUT2D eigenvalue weighted by molar-refractivity contribution is -0.142. The van der Waals surface area contributed by atoms with E-state index >= 15 is 0 Å². The van der Waals surface area contributed by atoms with Crippen LogP contribution in [0.5, 0.6) is 0 Å². The van der Waals surface area contributed by atoms with E-state index in [1.807, 2.05) is 0 Å². The Bertz CT molecular complexity index is 850. The largest absolute Gasteiger partial charge is 0.481 e. The molecule has 0 bridgehead atoms. The third kappa shape index (κ3) is 4.47. The molecule has 1 atom stereocenters. The standard InChI is InChI=1S/C14H18ClNO6S2/c1-23(19,20)9-11-4-5-12(15)7-13(11)24(21,22)16-6-2-3-10(8-16)14(17)18/h4-5,7,10H,2-3,6,8-9H2,1H3,(H,17,18). The van der Waals surface area contributed by atoms with Crippen molar-refractivity contribution in [3.05, 3.63) is 28.8 Å². The molecule has 1 unspecified atom stereocenters. The Labute approximate surface area is 146 Å². The maximum Gasteiger partial charge on any atom is 0.307 e. The summed E-state index contributed by atoms with van der Waals surface area (Å²) in [4.78, 5) is 11.0. The molecule has 1 saturated heterocycles. The highest BCUT2D eigenvalue weighted by Gasteiger charge is 2.34.